The maximum atomic E-state index is 6.20. The topological polar surface area (TPSA) is 21.3 Å². The summed E-state index contributed by atoms with van der Waals surface area (Å²) >= 11 is 0. The first kappa shape index (κ1) is 33.0. The highest BCUT2D eigenvalue weighted by atomic mass is 16.3. The average molecular weight is 697 g/mol. The van der Waals surface area contributed by atoms with Crippen LogP contribution in [0, 0.1) is 0 Å². The lowest BCUT2D eigenvalue weighted by Crippen LogP contribution is -2.10. The summed E-state index contributed by atoms with van der Waals surface area (Å²) in [6.07, 6.45) is 8.76. The number of nitrogens with zero attached hydrogens (tertiary/aromatic N) is 2. The molecule has 2 heterocycles. The third-order valence-electron chi connectivity index (χ3n) is 10.4. The Morgan fingerprint density at radius 3 is 2.13 bits per heavy atom. The Labute approximate surface area is 316 Å². The third-order valence-corrected chi connectivity index (χ3v) is 10.4. The summed E-state index contributed by atoms with van der Waals surface area (Å²) in [4.78, 5) is 2.26. The number of rotatable bonds is 8. The maximum absolute atomic E-state index is 6.20. The van der Waals surface area contributed by atoms with Crippen molar-refractivity contribution in [1.82, 2.24) is 4.57 Å². The highest BCUT2D eigenvalue weighted by Gasteiger charge is 2.17. The van der Waals surface area contributed by atoms with Crippen LogP contribution in [0.2, 0.25) is 0 Å². The van der Waals surface area contributed by atoms with E-state index in [9.17, 15) is 0 Å². The Hall–Kier alpha value is -6.84. The van der Waals surface area contributed by atoms with Gasteiger partial charge < -0.3 is 13.9 Å². The number of fused-ring (bicyclic) bond motifs is 6. The van der Waals surface area contributed by atoms with E-state index in [1.54, 1.807) is 0 Å². The van der Waals surface area contributed by atoms with E-state index in [0.717, 1.165) is 44.6 Å². The van der Waals surface area contributed by atoms with Crippen LogP contribution in [0.25, 0.3) is 71.7 Å². The standard InChI is InChI=1S/C51H40N2O/c1-4-32-52(39-16-7-6-8-17-39)46-22-12-9-18-41(46)35(3)33-36(5-2)38-28-31-48-45(34-38)43-19-10-13-23-47(43)53(48)40-29-26-37(27-30-40)42-21-15-25-50-51(42)44-20-11-14-24-49(44)54-50/h4-34H,1-3H3/b32-4+,35-33+,36-5+. The molecule has 0 saturated carbocycles. The maximum Gasteiger partial charge on any atom is 0.136 e. The number of para-hydroxylation sites is 4. The van der Waals surface area contributed by atoms with Crippen LogP contribution in [0.15, 0.2) is 193 Å². The number of anilines is 2. The number of allylic oxidation sites excluding steroid dienone is 5. The molecular weight excluding hydrogens is 657 g/mol. The quantitative estimate of drug-likeness (QED) is 0.148. The first-order valence-corrected chi connectivity index (χ1v) is 18.6. The second-order valence-electron chi connectivity index (χ2n) is 13.7. The number of aromatic nitrogens is 1. The van der Waals surface area contributed by atoms with Crippen LogP contribution < -0.4 is 4.90 Å². The normalized spacial score (nSPS) is 12.5. The minimum Gasteiger partial charge on any atom is -0.456 e. The van der Waals surface area contributed by atoms with Gasteiger partial charge in [-0.05, 0) is 109 Å². The second kappa shape index (κ2) is 13.9. The van der Waals surface area contributed by atoms with E-state index in [1.165, 1.54) is 49.6 Å². The highest BCUT2D eigenvalue weighted by molar-refractivity contribution is 6.13. The zero-order valence-electron chi connectivity index (χ0n) is 30.7. The van der Waals surface area contributed by atoms with Crippen LogP contribution in [-0.2, 0) is 0 Å². The van der Waals surface area contributed by atoms with Crippen molar-refractivity contribution in [2.75, 3.05) is 4.90 Å². The van der Waals surface area contributed by atoms with E-state index < -0.39 is 0 Å². The van der Waals surface area contributed by atoms with Crippen LogP contribution >= 0.6 is 0 Å². The van der Waals surface area contributed by atoms with Crippen molar-refractivity contribution < 1.29 is 4.42 Å². The lowest BCUT2D eigenvalue weighted by Gasteiger charge is -2.24. The first-order valence-electron chi connectivity index (χ1n) is 18.6. The van der Waals surface area contributed by atoms with Crippen LogP contribution in [0.4, 0.5) is 11.4 Å². The van der Waals surface area contributed by atoms with Crippen LogP contribution in [0.5, 0.6) is 0 Å². The highest BCUT2D eigenvalue weighted by Crippen LogP contribution is 2.39. The fourth-order valence-corrected chi connectivity index (χ4v) is 7.94. The minimum absolute atomic E-state index is 0.911. The summed E-state index contributed by atoms with van der Waals surface area (Å²) in [5, 5.41) is 4.77. The van der Waals surface area contributed by atoms with Crippen LogP contribution in [-0.4, -0.2) is 4.57 Å². The van der Waals surface area contributed by atoms with E-state index in [0.29, 0.717) is 0 Å². The molecule has 0 aliphatic carbocycles. The molecule has 9 rings (SSSR count). The van der Waals surface area contributed by atoms with Crippen molar-refractivity contribution in [2.45, 2.75) is 20.8 Å². The molecule has 3 heteroatoms. The molecule has 54 heavy (non-hydrogen) atoms. The molecule has 7 aromatic carbocycles. The summed E-state index contributed by atoms with van der Waals surface area (Å²) in [5.74, 6) is 0. The molecule has 0 unspecified atom stereocenters. The van der Waals surface area contributed by atoms with Gasteiger partial charge in [-0.3, -0.25) is 0 Å². The first-order chi connectivity index (χ1) is 26.6. The predicted molar refractivity (Wildman–Crippen MR) is 231 cm³/mol. The van der Waals surface area contributed by atoms with Crippen molar-refractivity contribution >= 4 is 66.3 Å². The second-order valence-corrected chi connectivity index (χ2v) is 13.7. The van der Waals surface area contributed by atoms with Crippen molar-refractivity contribution in [1.29, 1.82) is 0 Å². The van der Waals surface area contributed by atoms with Gasteiger partial charge in [-0.2, -0.15) is 0 Å². The van der Waals surface area contributed by atoms with Crippen molar-refractivity contribution in [3.05, 3.63) is 199 Å². The van der Waals surface area contributed by atoms with Crippen LogP contribution in [0.3, 0.4) is 0 Å². The van der Waals surface area contributed by atoms with Gasteiger partial charge in [0.1, 0.15) is 11.2 Å². The van der Waals surface area contributed by atoms with Gasteiger partial charge in [0, 0.05) is 44.7 Å². The van der Waals surface area contributed by atoms with Crippen LogP contribution in [0.1, 0.15) is 31.9 Å². The monoisotopic (exact) mass is 696 g/mol. The summed E-state index contributed by atoms with van der Waals surface area (Å²) in [6.45, 7) is 6.40. The molecule has 0 bridgehead atoms. The number of hydrogen-bond donors (Lipinski definition) is 0. The smallest absolute Gasteiger partial charge is 0.136 e. The zero-order valence-corrected chi connectivity index (χ0v) is 30.7. The molecule has 0 amide bonds. The summed E-state index contributed by atoms with van der Waals surface area (Å²) in [6, 6.07) is 58.4. The fraction of sp³-hybridized carbons (Fsp3) is 0.0588. The molecule has 0 radical (unpaired) electrons. The van der Waals surface area contributed by atoms with Crippen molar-refractivity contribution in [3.63, 3.8) is 0 Å². The zero-order chi connectivity index (χ0) is 36.6. The molecule has 2 aromatic heterocycles. The molecule has 0 fully saturated rings. The molecule has 0 N–H and O–H groups in total. The Kier molecular flexibility index (Phi) is 8.53. The molecule has 9 aromatic rings. The summed E-state index contributed by atoms with van der Waals surface area (Å²) in [7, 11) is 0. The van der Waals surface area contributed by atoms with Gasteiger partial charge in [-0.15, -0.1) is 0 Å². The van der Waals surface area contributed by atoms with Gasteiger partial charge in [-0.1, -0.05) is 121 Å². The van der Waals surface area contributed by atoms with E-state index in [-0.39, 0.29) is 0 Å². The molecule has 0 saturated heterocycles. The lowest BCUT2D eigenvalue weighted by molar-refractivity contribution is 0.669. The average Bonchev–Trinajstić information content (AvgIpc) is 3.78. The Morgan fingerprint density at radius 1 is 0.611 bits per heavy atom. The van der Waals surface area contributed by atoms with Gasteiger partial charge in [0.25, 0.3) is 0 Å². The number of hydrogen-bond acceptors (Lipinski definition) is 2. The van der Waals surface area contributed by atoms with E-state index in [1.807, 2.05) is 12.1 Å². The van der Waals surface area contributed by atoms with Gasteiger partial charge in [0.15, 0.2) is 0 Å². The van der Waals surface area contributed by atoms with Gasteiger partial charge in [0.2, 0.25) is 0 Å². The molecular formula is C51H40N2O. The largest absolute Gasteiger partial charge is 0.456 e. The minimum atomic E-state index is 0.911. The van der Waals surface area contributed by atoms with Crippen molar-refractivity contribution in [2.24, 2.45) is 0 Å². The van der Waals surface area contributed by atoms with Gasteiger partial charge >= 0.3 is 0 Å². The molecule has 0 aliphatic rings. The molecule has 260 valence electrons. The third kappa shape index (κ3) is 5.71. The van der Waals surface area contributed by atoms with Gasteiger partial charge in [0.05, 0.1) is 16.7 Å². The van der Waals surface area contributed by atoms with E-state index in [2.05, 4.69) is 206 Å². The SMILES string of the molecule is C/C=C/N(c1ccccc1)c1ccccc1/C(C)=C/C(=C\C)c1ccc2c(c1)c1ccccc1n2-c1ccc(-c2cccc3oc4ccccc4c23)cc1. The van der Waals surface area contributed by atoms with E-state index >= 15 is 0 Å². The molecule has 0 spiro atoms. The predicted octanol–water partition coefficient (Wildman–Crippen LogP) is 14.5. The fourth-order valence-electron chi connectivity index (χ4n) is 7.94. The molecule has 3 nitrogen and oxygen atoms in total. The van der Waals surface area contributed by atoms with Crippen molar-refractivity contribution in [3.8, 4) is 16.8 Å². The number of benzene rings is 7. The number of furan rings is 1. The Bertz CT molecular complexity index is 2900. The molecule has 0 aliphatic heterocycles. The van der Waals surface area contributed by atoms with E-state index in [4.69, 9.17) is 4.42 Å². The Balaban J connectivity index is 1.10. The molecule has 0 atom stereocenters. The Morgan fingerprint density at radius 2 is 1.31 bits per heavy atom. The summed E-state index contributed by atoms with van der Waals surface area (Å²) in [5.41, 5.74) is 14.7. The lowest BCUT2D eigenvalue weighted by atomic mass is 9.97. The van der Waals surface area contributed by atoms with Gasteiger partial charge in [-0.25, -0.2) is 0 Å². The summed E-state index contributed by atoms with van der Waals surface area (Å²) < 4.78 is 8.58.